The minimum absolute atomic E-state index is 0.408. The Hall–Kier alpha value is -1.62. The van der Waals surface area contributed by atoms with Gasteiger partial charge >= 0.3 is 5.97 Å². The van der Waals surface area contributed by atoms with E-state index < -0.39 is 11.9 Å². The van der Waals surface area contributed by atoms with E-state index in [2.05, 4.69) is 4.98 Å². The van der Waals surface area contributed by atoms with Gasteiger partial charge < -0.3 is 15.6 Å². The van der Waals surface area contributed by atoms with Crippen molar-refractivity contribution in [3.63, 3.8) is 0 Å². The number of nitrogens with zero attached hydrogens (tertiary/aromatic N) is 1. The van der Waals surface area contributed by atoms with Crippen LogP contribution < -0.4 is 10.5 Å². The molecule has 0 bridgehead atoms. The number of pyridine rings is 1. The molecule has 1 heterocycles. The van der Waals surface area contributed by atoms with Gasteiger partial charge in [0.25, 0.3) is 0 Å². The molecule has 1 atom stereocenters. The summed E-state index contributed by atoms with van der Waals surface area (Å²) in [5.41, 5.74) is 6.25. The highest BCUT2D eigenvalue weighted by atomic mass is 16.5. The lowest BCUT2D eigenvalue weighted by molar-refractivity contribution is -0.142. The zero-order chi connectivity index (χ0) is 13.4. The number of rotatable bonds is 8. The Labute approximate surface area is 107 Å². The second kappa shape index (κ2) is 7.66. The maximum Gasteiger partial charge on any atom is 0.306 e. The number of hydrogen-bond acceptors (Lipinski definition) is 4. The molecular formula is C13H20N2O3. The molecule has 1 aromatic rings. The number of carboxylic acid groups (broad SMARTS) is 1. The first-order valence-electron chi connectivity index (χ1n) is 6.09. The molecule has 3 N–H and O–H groups in total. The number of ether oxygens (including phenoxy) is 1. The van der Waals surface area contributed by atoms with Crippen LogP contribution in [0.25, 0.3) is 0 Å². The number of aromatic nitrogens is 1. The average Bonchev–Trinajstić information content (AvgIpc) is 2.38. The number of hydrogen-bond donors (Lipinski definition) is 2. The third-order valence-electron chi connectivity index (χ3n) is 2.87. The molecule has 100 valence electrons. The van der Waals surface area contributed by atoms with E-state index in [0.29, 0.717) is 25.3 Å². The summed E-state index contributed by atoms with van der Waals surface area (Å²) in [6, 6.07) is 3.64. The fraction of sp³-hybridized carbons (Fsp3) is 0.538. The molecule has 0 radical (unpaired) electrons. The van der Waals surface area contributed by atoms with Crippen molar-refractivity contribution in [3.8, 4) is 5.88 Å². The van der Waals surface area contributed by atoms with Crippen LogP contribution in [0.1, 0.15) is 24.8 Å². The minimum Gasteiger partial charge on any atom is -0.481 e. The van der Waals surface area contributed by atoms with E-state index in [1.165, 1.54) is 7.11 Å². The Bertz CT molecular complexity index is 382. The van der Waals surface area contributed by atoms with E-state index in [9.17, 15) is 9.90 Å². The Morgan fingerprint density at radius 2 is 2.33 bits per heavy atom. The van der Waals surface area contributed by atoms with Crippen molar-refractivity contribution < 1.29 is 14.6 Å². The lowest BCUT2D eigenvalue weighted by atomic mass is 9.94. The maximum absolute atomic E-state index is 11.2. The molecule has 0 aliphatic rings. The molecule has 1 rings (SSSR count). The van der Waals surface area contributed by atoms with E-state index >= 15 is 0 Å². The first-order valence-corrected chi connectivity index (χ1v) is 6.09. The molecule has 0 aliphatic heterocycles. The number of unbranched alkanes of at least 4 members (excludes halogenated alkanes) is 1. The topological polar surface area (TPSA) is 85.4 Å². The highest BCUT2D eigenvalue weighted by Crippen LogP contribution is 2.21. The predicted octanol–water partition coefficient (Wildman–Crippen LogP) is 1.46. The molecule has 5 nitrogen and oxygen atoms in total. The molecule has 0 saturated heterocycles. The van der Waals surface area contributed by atoms with E-state index in [1.54, 1.807) is 12.3 Å². The van der Waals surface area contributed by atoms with Gasteiger partial charge in [-0.15, -0.1) is 0 Å². The number of carboxylic acids is 1. The van der Waals surface area contributed by atoms with Crippen LogP contribution in [-0.2, 0) is 11.2 Å². The number of carbonyl (C=O) groups is 1. The SMILES string of the molecule is COc1ncccc1CC(CCCCN)C(=O)O. The first-order chi connectivity index (χ1) is 8.69. The van der Waals surface area contributed by atoms with Crippen LogP contribution in [-0.4, -0.2) is 29.7 Å². The fourth-order valence-electron chi connectivity index (χ4n) is 1.88. The van der Waals surface area contributed by atoms with Crippen LogP contribution in [0.3, 0.4) is 0 Å². The molecule has 0 aromatic carbocycles. The minimum atomic E-state index is -0.780. The summed E-state index contributed by atoms with van der Waals surface area (Å²) in [5.74, 6) is -0.685. The van der Waals surface area contributed by atoms with Crippen molar-refractivity contribution in [1.29, 1.82) is 0 Å². The van der Waals surface area contributed by atoms with Crippen molar-refractivity contribution in [2.45, 2.75) is 25.7 Å². The van der Waals surface area contributed by atoms with Crippen LogP contribution in [0, 0.1) is 5.92 Å². The largest absolute Gasteiger partial charge is 0.481 e. The second-order valence-electron chi connectivity index (χ2n) is 4.20. The van der Waals surface area contributed by atoms with Crippen LogP contribution in [0.15, 0.2) is 18.3 Å². The third kappa shape index (κ3) is 4.33. The van der Waals surface area contributed by atoms with Crippen molar-refractivity contribution >= 4 is 5.97 Å². The van der Waals surface area contributed by atoms with Crippen molar-refractivity contribution in [3.05, 3.63) is 23.9 Å². The Balaban J connectivity index is 2.67. The van der Waals surface area contributed by atoms with Crippen LogP contribution in [0.5, 0.6) is 5.88 Å². The average molecular weight is 252 g/mol. The maximum atomic E-state index is 11.2. The van der Waals surface area contributed by atoms with Gasteiger partial charge in [0.1, 0.15) is 0 Å². The van der Waals surface area contributed by atoms with Crippen LogP contribution in [0.2, 0.25) is 0 Å². The highest BCUT2D eigenvalue weighted by molar-refractivity contribution is 5.70. The zero-order valence-corrected chi connectivity index (χ0v) is 10.6. The summed E-state index contributed by atoms with van der Waals surface area (Å²) >= 11 is 0. The summed E-state index contributed by atoms with van der Waals surface area (Å²) in [5, 5.41) is 9.21. The van der Waals surface area contributed by atoms with Crippen molar-refractivity contribution in [2.75, 3.05) is 13.7 Å². The molecule has 18 heavy (non-hydrogen) atoms. The van der Waals surface area contributed by atoms with Crippen LogP contribution in [0.4, 0.5) is 0 Å². The molecular weight excluding hydrogens is 232 g/mol. The Kier molecular flexibility index (Phi) is 6.14. The summed E-state index contributed by atoms with van der Waals surface area (Å²) in [6.07, 6.45) is 4.39. The van der Waals surface area contributed by atoms with Gasteiger partial charge in [-0.05, 0) is 31.9 Å². The number of aliphatic carboxylic acids is 1. The molecule has 0 spiro atoms. The lowest BCUT2D eigenvalue weighted by Gasteiger charge is -2.13. The van der Waals surface area contributed by atoms with Crippen molar-refractivity contribution in [1.82, 2.24) is 4.98 Å². The third-order valence-corrected chi connectivity index (χ3v) is 2.87. The van der Waals surface area contributed by atoms with Gasteiger partial charge in [-0.1, -0.05) is 12.5 Å². The van der Waals surface area contributed by atoms with Gasteiger partial charge in [-0.25, -0.2) is 4.98 Å². The number of methoxy groups -OCH3 is 1. The smallest absolute Gasteiger partial charge is 0.306 e. The normalized spacial score (nSPS) is 12.1. The van der Waals surface area contributed by atoms with Crippen LogP contribution >= 0.6 is 0 Å². The molecule has 0 amide bonds. The van der Waals surface area contributed by atoms with E-state index in [0.717, 1.165) is 18.4 Å². The lowest BCUT2D eigenvalue weighted by Crippen LogP contribution is -2.17. The van der Waals surface area contributed by atoms with Gasteiger partial charge in [-0.3, -0.25) is 4.79 Å². The summed E-state index contributed by atoms with van der Waals surface area (Å²) in [6.45, 7) is 0.600. The Morgan fingerprint density at radius 3 is 2.94 bits per heavy atom. The summed E-state index contributed by atoms with van der Waals surface area (Å²) < 4.78 is 5.13. The quantitative estimate of drug-likeness (QED) is 0.684. The molecule has 0 fully saturated rings. The summed E-state index contributed by atoms with van der Waals surface area (Å²) in [7, 11) is 1.54. The molecule has 1 aromatic heterocycles. The molecule has 5 heteroatoms. The van der Waals surface area contributed by atoms with Gasteiger partial charge in [0.05, 0.1) is 13.0 Å². The molecule has 1 unspecified atom stereocenters. The van der Waals surface area contributed by atoms with Gasteiger partial charge in [0, 0.05) is 11.8 Å². The monoisotopic (exact) mass is 252 g/mol. The molecule has 0 saturated carbocycles. The second-order valence-corrected chi connectivity index (χ2v) is 4.20. The van der Waals surface area contributed by atoms with E-state index in [4.69, 9.17) is 10.5 Å². The predicted molar refractivity (Wildman–Crippen MR) is 68.5 cm³/mol. The van der Waals surface area contributed by atoms with E-state index in [-0.39, 0.29) is 0 Å². The molecule has 0 aliphatic carbocycles. The van der Waals surface area contributed by atoms with E-state index in [1.807, 2.05) is 6.07 Å². The van der Waals surface area contributed by atoms with Gasteiger partial charge in [0.2, 0.25) is 5.88 Å². The fourth-order valence-corrected chi connectivity index (χ4v) is 1.88. The standard InChI is InChI=1S/C13H20N2O3/c1-18-12-10(6-4-8-15-12)9-11(13(16)17)5-2-3-7-14/h4,6,8,11H,2-3,5,7,9,14H2,1H3,(H,16,17). The van der Waals surface area contributed by atoms with Crippen molar-refractivity contribution in [2.24, 2.45) is 11.7 Å². The van der Waals surface area contributed by atoms with Gasteiger partial charge in [0.15, 0.2) is 0 Å². The highest BCUT2D eigenvalue weighted by Gasteiger charge is 2.19. The number of nitrogens with two attached hydrogens (primary N) is 1. The summed E-state index contributed by atoms with van der Waals surface area (Å²) in [4.78, 5) is 15.3. The van der Waals surface area contributed by atoms with Gasteiger partial charge in [-0.2, -0.15) is 0 Å². The Morgan fingerprint density at radius 1 is 1.56 bits per heavy atom. The zero-order valence-electron chi connectivity index (χ0n) is 10.6. The first kappa shape index (κ1) is 14.4.